The minimum atomic E-state index is -2.05. The Morgan fingerprint density at radius 3 is 2.32 bits per heavy atom. The predicted octanol–water partition coefficient (Wildman–Crippen LogP) is 3.71. The van der Waals surface area contributed by atoms with E-state index in [0.717, 1.165) is 0 Å². The molecule has 2 aromatic rings. The molecule has 0 saturated carbocycles. The van der Waals surface area contributed by atoms with Crippen LogP contribution >= 0.6 is 47.0 Å². The van der Waals surface area contributed by atoms with E-state index < -0.39 is 26.5 Å². The molecule has 0 fully saturated rings. The number of phenolic OH excluding ortho intramolecular Hbond substituents is 1. The van der Waals surface area contributed by atoms with Crippen LogP contribution in [0.5, 0.6) is 5.75 Å². The monoisotopic (exact) mass is 462 g/mol. The number of rotatable bonds is 5. The third kappa shape index (κ3) is 5.83. The number of alkyl halides is 3. The van der Waals surface area contributed by atoms with Crippen molar-refractivity contribution in [2.75, 3.05) is 5.32 Å². The standard InChI is InChI=1S/C16H13Cl3N4O4S/c17-16(18,19)14(22-15(28)20-10-6-2-4-8-12(10)24)21-13(25)9-5-1-3-7-11(9)23(26)27/h1-8,14,24H,(H,21,25)(H2,20,22,28)/t14-/m0/s1. The summed E-state index contributed by atoms with van der Waals surface area (Å²) in [7, 11) is 0. The molecule has 8 nitrogen and oxygen atoms in total. The normalized spacial score (nSPS) is 12.0. The van der Waals surface area contributed by atoms with Crippen molar-refractivity contribution >= 4 is 69.4 Å². The number of nitro groups is 1. The quantitative estimate of drug-likeness (QED) is 0.133. The van der Waals surface area contributed by atoms with Crippen LogP contribution in [0.15, 0.2) is 48.5 Å². The summed E-state index contributed by atoms with van der Waals surface area (Å²) in [5.41, 5.74) is -0.334. The highest BCUT2D eigenvalue weighted by Crippen LogP contribution is 2.30. The summed E-state index contributed by atoms with van der Waals surface area (Å²) in [6.07, 6.45) is -1.34. The molecule has 0 aromatic heterocycles. The summed E-state index contributed by atoms with van der Waals surface area (Å²) in [4.78, 5) is 22.9. The van der Waals surface area contributed by atoms with Crippen molar-refractivity contribution in [3.05, 3.63) is 64.2 Å². The highest BCUT2D eigenvalue weighted by molar-refractivity contribution is 7.80. The molecule has 28 heavy (non-hydrogen) atoms. The maximum atomic E-state index is 12.5. The number of amides is 1. The van der Waals surface area contributed by atoms with Gasteiger partial charge in [0, 0.05) is 6.07 Å². The molecule has 148 valence electrons. The number of phenols is 1. The van der Waals surface area contributed by atoms with Crippen LogP contribution in [0.2, 0.25) is 0 Å². The third-order valence-corrected chi connectivity index (χ3v) is 4.25. The van der Waals surface area contributed by atoms with Crippen molar-refractivity contribution in [3.63, 3.8) is 0 Å². The summed E-state index contributed by atoms with van der Waals surface area (Å²) in [6.45, 7) is 0. The van der Waals surface area contributed by atoms with Gasteiger partial charge in [-0.3, -0.25) is 14.9 Å². The van der Waals surface area contributed by atoms with E-state index >= 15 is 0 Å². The molecule has 0 unspecified atom stereocenters. The molecular weight excluding hydrogens is 451 g/mol. The lowest BCUT2D eigenvalue weighted by Crippen LogP contribution is -2.56. The highest BCUT2D eigenvalue weighted by Gasteiger charge is 2.36. The van der Waals surface area contributed by atoms with E-state index in [9.17, 15) is 20.0 Å². The summed E-state index contributed by atoms with van der Waals surface area (Å²) in [6, 6.07) is 11.6. The van der Waals surface area contributed by atoms with Gasteiger partial charge in [-0.15, -0.1) is 0 Å². The fourth-order valence-corrected chi connectivity index (χ4v) is 2.66. The largest absolute Gasteiger partial charge is 0.506 e. The zero-order chi connectivity index (χ0) is 20.9. The lowest BCUT2D eigenvalue weighted by Gasteiger charge is -2.27. The third-order valence-electron chi connectivity index (χ3n) is 3.38. The van der Waals surface area contributed by atoms with Crippen LogP contribution in [-0.2, 0) is 0 Å². The van der Waals surface area contributed by atoms with E-state index in [-0.39, 0.29) is 22.1 Å². The Bertz CT molecular complexity index is 907. The molecule has 0 aliphatic heterocycles. The first kappa shape index (κ1) is 22.0. The van der Waals surface area contributed by atoms with Crippen LogP contribution in [0.3, 0.4) is 0 Å². The first-order chi connectivity index (χ1) is 13.1. The average molecular weight is 464 g/mol. The number of carbonyl (C=O) groups excluding carboxylic acids is 1. The molecule has 2 aromatic carbocycles. The number of nitrogens with zero attached hydrogens (tertiary/aromatic N) is 1. The van der Waals surface area contributed by atoms with Gasteiger partial charge in [0.05, 0.1) is 10.6 Å². The maximum Gasteiger partial charge on any atom is 0.282 e. The van der Waals surface area contributed by atoms with Crippen molar-refractivity contribution in [3.8, 4) is 5.75 Å². The lowest BCUT2D eigenvalue weighted by molar-refractivity contribution is -0.385. The van der Waals surface area contributed by atoms with Crippen LogP contribution < -0.4 is 16.0 Å². The molecule has 1 atom stereocenters. The molecule has 0 heterocycles. The first-order valence-corrected chi connectivity index (χ1v) is 9.10. The van der Waals surface area contributed by atoms with E-state index in [2.05, 4.69) is 16.0 Å². The average Bonchev–Trinajstić information content (AvgIpc) is 2.62. The van der Waals surface area contributed by atoms with Gasteiger partial charge >= 0.3 is 0 Å². The number of carbonyl (C=O) groups is 1. The Kier molecular flexibility index (Phi) is 7.25. The molecule has 1 amide bonds. The van der Waals surface area contributed by atoms with Crippen molar-refractivity contribution in [2.24, 2.45) is 0 Å². The van der Waals surface area contributed by atoms with Crippen molar-refractivity contribution in [1.82, 2.24) is 10.6 Å². The topological polar surface area (TPSA) is 117 Å². The molecule has 0 saturated heterocycles. The second-order valence-electron chi connectivity index (χ2n) is 5.34. The van der Waals surface area contributed by atoms with Gasteiger partial charge in [-0.25, -0.2) is 0 Å². The highest BCUT2D eigenvalue weighted by atomic mass is 35.6. The molecule has 0 radical (unpaired) electrons. The van der Waals surface area contributed by atoms with Gasteiger partial charge in [0.1, 0.15) is 17.5 Å². The molecule has 0 aliphatic rings. The molecule has 2 rings (SSSR count). The number of anilines is 1. The van der Waals surface area contributed by atoms with Crippen molar-refractivity contribution in [2.45, 2.75) is 9.96 Å². The summed E-state index contributed by atoms with van der Waals surface area (Å²) >= 11 is 22.8. The number of aromatic hydroxyl groups is 1. The van der Waals surface area contributed by atoms with Crippen LogP contribution in [0.1, 0.15) is 10.4 Å². The van der Waals surface area contributed by atoms with E-state index in [4.69, 9.17) is 47.0 Å². The second kappa shape index (κ2) is 9.24. The van der Waals surface area contributed by atoms with Crippen LogP contribution in [0.4, 0.5) is 11.4 Å². The summed E-state index contributed by atoms with van der Waals surface area (Å²) in [5.74, 6) is -0.914. The Hall–Kier alpha value is -2.33. The van der Waals surface area contributed by atoms with E-state index in [0.29, 0.717) is 0 Å². The predicted molar refractivity (Wildman–Crippen MR) is 112 cm³/mol. The minimum absolute atomic E-state index is 0.0685. The molecule has 0 aliphatic carbocycles. The fraction of sp³-hybridized carbons (Fsp3) is 0.125. The van der Waals surface area contributed by atoms with Crippen LogP contribution in [0, 0.1) is 10.1 Å². The number of para-hydroxylation sites is 3. The summed E-state index contributed by atoms with van der Waals surface area (Å²) < 4.78 is -2.05. The number of thiocarbonyl (C=S) groups is 1. The van der Waals surface area contributed by atoms with Gasteiger partial charge in [-0.2, -0.15) is 0 Å². The zero-order valence-electron chi connectivity index (χ0n) is 13.9. The van der Waals surface area contributed by atoms with Gasteiger partial charge < -0.3 is 21.1 Å². The summed E-state index contributed by atoms with van der Waals surface area (Å²) in [5, 5.41) is 28.4. The van der Waals surface area contributed by atoms with Gasteiger partial charge in [0.15, 0.2) is 5.11 Å². The van der Waals surface area contributed by atoms with Crippen LogP contribution in [-0.4, -0.2) is 31.0 Å². The van der Waals surface area contributed by atoms with Crippen molar-refractivity contribution in [1.29, 1.82) is 0 Å². The molecular formula is C16H13Cl3N4O4S. The van der Waals surface area contributed by atoms with Gasteiger partial charge in [-0.05, 0) is 30.4 Å². The smallest absolute Gasteiger partial charge is 0.282 e. The van der Waals surface area contributed by atoms with Gasteiger partial charge in [0.25, 0.3) is 11.6 Å². The number of nitrogens with one attached hydrogen (secondary N) is 3. The van der Waals surface area contributed by atoms with E-state index in [1.807, 2.05) is 0 Å². The Morgan fingerprint density at radius 1 is 1.11 bits per heavy atom. The van der Waals surface area contributed by atoms with E-state index in [1.54, 1.807) is 18.2 Å². The van der Waals surface area contributed by atoms with Crippen molar-refractivity contribution < 1.29 is 14.8 Å². The Balaban J connectivity index is 2.16. The Labute approximate surface area is 179 Å². The fourth-order valence-electron chi connectivity index (χ4n) is 2.10. The van der Waals surface area contributed by atoms with Gasteiger partial charge in [0.2, 0.25) is 3.79 Å². The number of benzene rings is 2. The number of hydrogen-bond donors (Lipinski definition) is 4. The molecule has 0 bridgehead atoms. The zero-order valence-corrected chi connectivity index (χ0v) is 16.9. The SMILES string of the molecule is O=C(N[C@@H](NC(=S)Nc1ccccc1O)C(Cl)(Cl)Cl)c1ccccc1[N+](=O)[O-]. The molecule has 4 N–H and O–H groups in total. The molecule has 0 spiro atoms. The number of hydrogen-bond acceptors (Lipinski definition) is 5. The number of nitro benzene ring substituents is 1. The minimum Gasteiger partial charge on any atom is -0.506 e. The second-order valence-corrected chi connectivity index (χ2v) is 8.12. The van der Waals surface area contributed by atoms with Gasteiger partial charge in [-0.1, -0.05) is 59.1 Å². The molecule has 12 heteroatoms. The van der Waals surface area contributed by atoms with E-state index in [1.165, 1.54) is 30.3 Å². The first-order valence-electron chi connectivity index (χ1n) is 7.56. The Morgan fingerprint density at radius 2 is 1.71 bits per heavy atom. The maximum absolute atomic E-state index is 12.5. The number of halogens is 3. The van der Waals surface area contributed by atoms with Crippen LogP contribution in [0.25, 0.3) is 0 Å². The lowest BCUT2D eigenvalue weighted by atomic mass is 10.1.